The van der Waals surface area contributed by atoms with E-state index in [1.807, 2.05) is 6.07 Å². The Morgan fingerprint density at radius 1 is 1.45 bits per heavy atom. The molecule has 20 heavy (non-hydrogen) atoms. The number of nitrogens with zero attached hydrogens (tertiary/aromatic N) is 2. The van der Waals surface area contributed by atoms with Crippen molar-refractivity contribution >= 4 is 28.0 Å². The number of anilines is 1. The van der Waals surface area contributed by atoms with Crippen molar-refractivity contribution in [2.45, 2.75) is 13.8 Å². The van der Waals surface area contributed by atoms with Crippen molar-refractivity contribution < 1.29 is 9.59 Å². The average Bonchev–Trinajstić information content (AvgIpc) is 2.76. The summed E-state index contributed by atoms with van der Waals surface area (Å²) in [6, 6.07) is 5.30. The Morgan fingerprint density at radius 2 is 2.20 bits per heavy atom. The molecule has 2 aromatic rings. The van der Waals surface area contributed by atoms with E-state index >= 15 is 0 Å². The molecule has 0 aliphatic carbocycles. The zero-order valence-electron chi connectivity index (χ0n) is 10.9. The van der Waals surface area contributed by atoms with Crippen molar-refractivity contribution in [1.82, 2.24) is 4.98 Å². The summed E-state index contributed by atoms with van der Waals surface area (Å²) in [5.41, 5.74) is 1.33. The summed E-state index contributed by atoms with van der Waals surface area (Å²) < 4.78 is 0. The van der Waals surface area contributed by atoms with Crippen LogP contribution in [-0.2, 0) is 0 Å². The van der Waals surface area contributed by atoms with Gasteiger partial charge in [0.05, 0.1) is 16.0 Å². The van der Waals surface area contributed by atoms with Crippen LogP contribution in [0.2, 0.25) is 0 Å². The average molecular weight is 285 g/mol. The monoisotopic (exact) mass is 285 g/mol. The van der Waals surface area contributed by atoms with E-state index in [4.69, 9.17) is 5.26 Å². The summed E-state index contributed by atoms with van der Waals surface area (Å²) in [6.45, 7) is 3.14. The number of hydrogen-bond acceptors (Lipinski definition) is 5. The zero-order valence-corrected chi connectivity index (χ0v) is 11.7. The molecule has 5 nitrogen and oxygen atoms in total. The maximum absolute atomic E-state index is 12.0. The van der Waals surface area contributed by atoms with Gasteiger partial charge >= 0.3 is 0 Å². The molecular formula is C14H11N3O2S. The highest BCUT2D eigenvalue weighted by atomic mass is 32.1. The number of nitriles is 1. The predicted molar refractivity (Wildman–Crippen MR) is 76.0 cm³/mol. The van der Waals surface area contributed by atoms with Gasteiger partial charge < -0.3 is 5.32 Å². The molecule has 6 heteroatoms. The summed E-state index contributed by atoms with van der Waals surface area (Å²) >= 11 is 1.12. The molecule has 100 valence electrons. The van der Waals surface area contributed by atoms with Gasteiger partial charge in [-0.15, -0.1) is 11.3 Å². The van der Waals surface area contributed by atoms with Gasteiger partial charge in [-0.2, -0.15) is 5.26 Å². The SMILES string of the molecule is CC(=O)c1sc(NC(=O)c2cccnc2)c(C#N)c1C. The molecule has 0 fully saturated rings. The van der Waals surface area contributed by atoms with E-state index in [0.717, 1.165) is 11.3 Å². The zero-order chi connectivity index (χ0) is 14.7. The number of nitrogens with one attached hydrogen (secondary N) is 1. The summed E-state index contributed by atoms with van der Waals surface area (Å²) in [7, 11) is 0. The second kappa shape index (κ2) is 5.63. The predicted octanol–water partition coefficient (Wildman–Crippen LogP) is 2.78. The lowest BCUT2D eigenvalue weighted by Gasteiger charge is -2.02. The van der Waals surface area contributed by atoms with E-state index in [-0.39, 0.29) is 11.7 Å². The quantitative estimate of drug-likeness (QED) is 0.879. The third kappa shape index (κ3) is 2.58. The lowest BCUT2D eigenvalue weighted by Crippen LogP contribution is -2.11. The lowest BCUT2D eigenvalue weighted by atomic mass is 10.1. The molecule has 1 amide bonds. The van der Waals surface area contributed by atoms with Gasteiger partial charge in [0, 0.05) is 12.4 Å². The first-order valence-corrected chi connectivity index (χ1v) is 6.62. The second-order valence-corrected chi connectivity index (χ2v) is 5.14. The smallest absolute Gasteiger partial charge is 0.257 e. The van der Waals surface area contributed by atoms with Crippen LogP contribution in [0, 0.1) is 18.3 Å². The molecule has 0 unspecified atom stereocenters. The van der Waals surface area contributed by atoms with E-state index in [1.165, 1.54) is 13.1 Å². The number of rotatable bonds is 3. The fourth-order valence-corrected chi connectivity index (χ4v) is 2.79. The van der Waals surface area contributed by atoms with Gasteiger partial charge in [0.1, 0.15) is 11.1 Å². The molecule has 0 bridgehead atoms. The Bertz CT molecular complexity index is 714. The van der Waals surface area contributed by atoms with E-state index < -0.39 is 0 Å². The first-order valence-electron chi connectivity index (χ1n) is 5.80. The van der Waals surface area contributed by atoms with Crippen LogP contribution >= 0.6 is 11.3 Å². The first kappa shape index (κ1) is 13.9. The van der Waals surface area contributed by atoms with Crippen molar-refractivity contribution in [3.63, 3.8) is 0 Å². The van der Waals surface area contributed by atoms with Gasteiger partial charge in [-0.25, -0.2) is 0 Å². The Hall–Kier alpha value is -2.52. The van der Waals surface area contributed by atoms with Crippen LogP contribution in [0.3, 0.4) is 0 Å². The van der Waals surface area contributed by atoms with E-state index in [0.29, 0.717) is 26.6 Å². The van der Waals surface area contributed by atoms with E-state index in [1.54, 1.807) is 25.3 Å². The minimum atomic E-state index is -0.356. The maximum atomic E-state index is 12.0. The number of aromatic nitrogens is 1. The molecule has 2 heterocycles. The van der Waals surface area contributed by atoms with Crippen molar-refractivity contribution in [3.8, 4) is 6.07 Å². The summed E-state index contributed by atoms with van der Waals surface area (Å²) in [6.07, 6.45) is 3.01. The third-order valence-electron chi connectivity index (χ3n) is 2.73. The molecule has 0 saturated carbocycles. The Morgan fingerprint density at radius 3 is 2.75 bits per heavy atom. The Balaban J connectivity index is 2.35. The number of carbonyl (C=O) groups is 2. The van der Waals surface area contributed by atoms with E-state index in [9.17, 15) is 9.59 Å². The van der Waals surface area contributed by atoms with Crippen LogP contribution in [0.1, 0.15) is 38.1 Å². The number of ketones is 1. The van der Waals surface area contributed by atoms with Gasteiger partial charge in [-0.1, -0.05) is 0 Å². The first-order chi connectivity index (χ1) is 9.54. The fourth-order valence-electron chi connectivity index (χ4n) is 1.74. The van der Waals surface area contributed by atoms with Crippen LogP contribution in [0.15, 0.2) is 24.5 Å². The van der Waals surface area contributed by atoms with Gasteiger partial charge in [-0.05, 0) is 31.5 Å². The van der Waals surface area contributed by atoms with Crippen molar-refractivity contribution in [3.05, 3.63) is 46.1 Å². The van der Waals surface area contributed by atoms with Crippen LogP contribution in [0.25, 0.3) is 0 Å². The van der Waals surface area contributed by atoms with Gasteiger partial charge in [0.15, 0.2) is 5.78 Å². The minimum Gasteiger partial charge on any atom is -0.312 e. The second-order valence-electron chi connectivity index (χ2n) is 4.12. The number of carbonyl (C=O) groups excluding carboxylic acids is 2. The molecule has 0 saturated heterocycles. The highest BCUT2D eigenvalue weighted by Gasteiger charge is 2.19. The molecule has 0 aromatic carbocycles. The van der Waals surface area contributed by atoms with Crippen LogP contribution in [0.5, 0.6) is 0 Å². The Labute approximate surface area is 119 Å². The number of thiophene rings is 1. The number of amides is 1. The molecule has 0 atom stereocenters. The molecule has 0 aliphatic heterocycles. The maximum Gasteiger partial charge on any atom is 0.257 e. The molecule has 0 aliphatic rings. The van der Waals surface area contributed by atoms with Crippen molar-refractivity contribution in [1.29, 1.82) is 5.26 Å². The number of hydrogen-bond donors (Lipinski definition) is 1. The number of Topliss-reactive ketones (excluding diaryl/α,β-unsaturated/α-hetero) is 1. The molecule has 2 aromatic heterocycles. The summed E-state index contributed by atoms with van der Waals surface area (Å²) in [4.78, 5) is 27.9. The topological polar surface area (TPSA) is 82.8 Å². The summed E-state index contributed by atoms with van der Waals surface area (Å²) in [5, 5.41) is 12.2. The van der Waals surface area contributed by atoms with Crippen LogP contribution in [0.4, 0.5) is 5.00 Å². The molecular weight excluding hydrogens is 274 g/mol. The van der Waals surface area contributed by atoms with Crippen LogP contribution in [-0.4, -0.2) is 16.7 Å². The van der Waals surface area contributed by atoms with Crippen molar-refractivity contribution in [2.75, 3.05) is 5.32 Å². The molecule has 2 rings (SSSR count). The minimum absolute atomic E-state index is 0.120. The highest BCUT2D eigenvalue weighted by Crippen LogP contribution is 2.32. The van der Waals surface area contributed by atoms with Gasteiger partial charge in [0.25, 0.3) is 5.91 Å². The highest BCUT2D eigenvalue weighted by molar-refractivity contribution is 7.18. The molecule has 1 N–H and O–H groups in total. The van der Waals surface area contributed by atoms with Crippen molar-refractivity contribution in [2.24, 2.45) is 0 Å². The summed E-state index contributed by atoms with van der Waals surface area (Å²) in [5.74, 6) is -0.475. The fraction of sp³-hybridized carbons (Fsp3) is 0.143. The Kier molecular flexibility index (Phi) is 3.91. The van der Waals surface area contributed by atoms with Gasteiger partial charge in [0.2, 0.25) is 0 Å². The lowest BCUT2D eigenvalue weighted by molar-refractivity contribution is 0.101. The van der Waals surface area contributed by atoms with Crippen LogP contribution < -0.4 is 5.32 Å². The molecule has 0 radical (unpaired) electrons. The van der Waals surface area contributed by atoms with E-state index in [2.05, 4.69) is 10.3 Å². The number of pyridine rings is 1. The normalized spacial score (nSPS) is 9.85. The van der Waals surface area contributed by atoms with Gasteiger partial charge in [-0.3, -0.25) is 14.6 Å². The third-order valence-corrected chi connectivity index (χ3v) is 4.04. The largest absolute Gasteiger partial charge is 0.312 e. The molecule has 0 spiro atoms. The standard InChI is InChI=1S/C14H11N3O2S/c1-8-11(6-15)14(20-12(8)9(2)18)17-13(19)10-4-3-5-16-7-10/h3-5,7H,1-2H3,(H,17,19).